The number of phenols is 1. The van der Waals surface area contributed by atoms with Crippen molar-refractivity contribution in [3.63, 3.8) is 0 Å². The standard InChI is InChI=1S/C26H24N4OS/c1-17-8-9-20(16-18(17)2)29-15-5-7-23(29)25-24(22-6-3-4-14-27-22)28-26(32)30(25)19-10-12-21(31)13-11-19/h3-16,24-25,31H,1-2H3,(H,28,32). The number of benzene rings is 2. The third-order valence-electron chi connectivity index (χ3n) is 6.08. The van der Waals surface area contributed by atoms with Crippen molar-refractivity contribution in [2.24, 2.45) is 0 Å². The van der Waals surface area contributed by atoms with E-state index in [0.29, 0.717) is 5.11 Å². The number of hydrogen-bond donors (Lipinski definition) is 2. The van der Waals surface area contributed by atoms with E-state index in [-0.39, 0.29) is 17.8 Å². The third-order valence-corrected chi connectivity index (χ3v) is 6.39. The van der Waals surface area contributed by atoms with Gasteiger partial charge in [0, 0.05) is 29.5 Å². The van der Waals surface area contributed by atoms with Crippen LogP contribution in [0.15, 0.2) is 85.2 Å². The van der Waals surface area contributed by atoms with Gasteiger partial charge in [-0.05, 0) is 97.9 Å². The van der Waals surface area contributed by atoms with Gasteiger partial charge in [0.25, 0.3) is 0 Å². The van der Waals surface area contributed by atoms with Crippen LogP contribution in [0.3, 0.4) is 0 Å². The molecule has 0 aliphatic carbocycles. The van der Waals surface area contributed by atoms with Gasteiger partial charge in [0.05, 0.1) is 11.7 Å². The zero-order valence-electron chi connectivity index (χ0n) is 17.9. The summed E-state index contributed by atoms with van der Waals surface area (Å²) in [5, 5.41) is 13.9. The number of aromatic hydroxyl groups is 1. The predicted octanol–water partition coefficient (Wildman–Crippen LogP) is 5.37. The summed E-state index contributed by atoms with van der Waals surface area (Å²) in [6.45, 7) is 4.26. The second-order valence-corrected chi connectivity index (χ2v) is 8.47. The molecule has 0 saturated carbocycles. The fraction of sp³-hybridized carbons (Fsp3) is 0.154. The lowest BCUT2D eigenvalue weighted by Gasteiger charge is -2.29. The third kappa shape index (κ3) is 3.52. The molecule has 0 bridgehead atoms. The molecule has 2 N–H and O–H groups in total. The van der Waals surface area contributed by atoms with Crippen LogP contribution < -0.4 is 10.2 Å². The highest BCUT2D eigenvalue weighted by atomic mass is 32.1. The number of thiocarbonyl (C=S) groups is 1. The minimum Gasteiger partial charge on any atom is -0.508 e. The van der Waals surface area contributed by atoms with Crippen LogP contribution in [0.2, 0.25) is 0 Å². The number of anilines is 1. The molecule has 1 aliphatic heterocycles. The van der Waals surface area contributed by atoms with Gasteiger partial charge in [-0.2, -0.15) is 0 Å². The smallest absolute Gasteiger partial charge is 0.174 e. The second-order valence-electron chi connectivity index (χ2n) is 8.08. The van der Waals surface area contributed by atoms with Crippen LogP contribution in [0.4, 0.5) is 5.69 Å². The predicted molar refractivity (Wildman–Crippen MR) is 131 cm³/mol. The Labute approximate surface area is 193 Å². The van der Waals surface area contributed by atoms with Crippen LogP contribution in [-0.4, -0.2) is 19.8 Å². The topological polar surface area (TPSA) is 53.3 Å². The second kappa shape index (κ2) is 8.13. The first-order valence-corrected chi connectivity index (χ1v) is 11.0. The molecule has 2 aromatic carbocycles. The molecule has 2 aromatic heterocycles. The van der Waals surface area contributed by atoms with E-state index in [9.17, 15) is 5.11 Å². The summed E-state index contributed by atoms with van der Waals surface area (Å²) in [6, 6.07) is 23.5. The number of pyridine rings is 1. The zero-order chi connectivity index (χ0) is 22.2. The fourth-order valence-electron chi connectivity index (χ4n) is 4.29. The molecule has 1 saturated heterocycles. The van der Waals surface area contributed by atoms with Gasteiger partial charge in [-0.15, -0.1) is 0 Å². The van der Waals surface area contributed by atoms with Gasteiger partial charge in [-0.1, -0.05) is 12.1 Å². The number of aryl methyl sites for hydroxylation is 2. The fourth-order valence-corrected chi connectivity index (χ4v) is 4.64. The highest BCUT2D eigenvalue weighted by Crippen LogP contribution is 2.42. The van der Waals surface area contributed by atoms with Crippen molar-refractivity contribution in [1.29, 1.82) is 0 Å². The number of nitrogens with zero attached hydrogens (tertiary/aromatic N) is 3. The first-order chi connectivity index (χ1) is 15.5. The van der Waals surface area contributed by atoms with E-state index in [2.05, 4.69) is 70.1 Å². The molecular weight excluding hydrogens is 416 g/mol. The van der Waals surface area contributed by atoms with Gasteiger partial charge >= 0.3 is 0 Å². The number of nitrogens with one attached hydrogen (secondary N) is 1. The Morgan fingerprint density at radius 2 is 1.69 bits per heavy atom. The molecule has 5 nitrogen and oxygen atoms in total. The average molecular weight is 441 g/mol. The lowest BCUT2D eigenvalue weighted by molar-refractivity contribution is 0.475. The lowest BCUT2D eigenvalue weighted by Crippen LogP contribution is -2.30. The highest BCUT2D eigenvalue weighted by Gasteiger charge is 2.42. The van der Waals surface area contributed by atoms with Gasteiger partial charge in [0.1, 0.15) is 11.8 Å². The minimum absolute atomic E-state index is 0.126. The molecule has 0 amide bonds. The van der Waals surface area contributed by atoms with Gasteiger partial charge in [0.15, 0.2) is 5.11 Å². The molecule has 0 spiro atoms. The first kappa shape index (κ1) is 20.3. The lowest BCUT2D eigenvalue weighted by atomic mass is 10.0. The maximum atomic E-state index is 9.81. The molecule has 4 aromatic rings. The van der Waals surface area contributed by atoms with E-state index in [0.717, 1.165) is 22.8 Å². The maximum absolute atomic E-state index is 9.81. The minimum atomic E-state index is -0.127. The molecule has 5 rings (SSSR count). The molecule has 160 valence electrons. The maximum Gasteiger partial charge on any atom is 0.174 e. The van der Waals surface area contributed by atoms with Crippen LogP contribution in [-0.2, 0) is 0 Å². The molecule has 3 heterocycles. The van der Waals surface area contributed by atoms with Crippen molar-refractivity contribution < 1.29 is 5.11 Å². The number of rotatable bonds is 4. The van der Waals surface area contributed by atoms with Gasteiger partial charge in [-0.25, -0.2) is 0 Å². The van der Waals surface area contributed by atoms with Crippen LogP contribution >= 0.6 is 12.2 Å². The Hall–Kier alpha value is -3.64. The Morgan fingerprint density at radius 3 is 2.41 bits per heavy atom. The molecule has 2 atom stereocenters. The Bertz CT molecular complexity index is 1270. The van der Waals surface area contributed by atoms with Crippen molar-refractivity contribution in [1.82, 2.24) is 14.9 Å². The van der Waals surface area contributed by atoms with E-state index in [1.165, 1.54) is 11.1 Å². The Balaban J connectivity index is 1.67. The highest BCUT2D eigenvalue weighted by molar-refractivity contribution is 7.80. The molecular formula is C26H24N4OS. The largest absolute Gasteiger partial charge is 0.508 e. The SMILES string of the molecule is Cc1ccc(-n2cccc2C2C(c3ccccn3)NC(=S)N2c2ccc(O)cc2)cc1C. The van der Waals surface area contributed by atoms with Gasteiger partial charge in [0.2, 0.25) is 0 Å². The summed E-state index contributed by atoms with van der Waals surface area (Å²) in [7, 11) is 0. The number of aromatic nitrogens is 2. The van der Waals surface area contributed by atoms with Gasteiger partial charge in [-0.3, -0.25) is 4.98 Å². The molecule has 1 aliphatic rings. The average Bonchev–Trinajstić information content (AvgIpc) is 3.41. The molecule has 6 heteroatoms. The molecule has 0 radical (unpaired) electrons. The summed E-state index contributed by atoms with van der Waals surface area (Å²) in [6.07, 6.45) is 3.90. The van der Waals surface area contributed by atoms with Crippen molar-refractivity contribution >= 4 is 23.0 Å². The van der Waals surface area contributed by atoms with E-state index in [1.54, 1.807) is 12.1 Å². The Morgan fingerprint density at radius 1 is 0.906 bits per heavy atom. The van der Waals surface area contributed by atoms with Crippen LogP contribution in [0.1, 0.15) is 34.6 Å². The molecule has 1 fully saturated rings. The number of hydrogen-bond acceptors (Lipinski definition) is 3. The normalized spacial score (nSPS) is 18.1. The monoisotopic (exact) mass is 440 g/mol. The summed E-state index contributed by atoms with van der Waals surface area (Å²) in [4.78, 5) is 6.74. The summed E-state index contributed by atoms with van der Waals surface area (Å²) in [5.74, 6) is 0.225. The summed E-state index contributed by atoms with van der Waals surface area (Å²) in [5.41, 5.74) is 6.56. The van der Waals surface area contributed by atoms with Crippen LogP contribution in [0.5, 0.6) is 5.75 Å². The zero-order valence-corrected chi connectivity index (χ0v) is 18.8. The van der Waals surface area contributed by atoms with Crippen LogP contribution in [0, 0.1) is 13.8 Å². The summed E-state index contributed by atoms with van der Waals surface area (Å²) >= 11 is 5.80. The Kier molecular flexibility index (Phi) is 5.15. The van der Waals surface area contributed by atoms with E-state index in [4.69, 9.17) is 12.2 Å². The quantitative estimate of drug-likeness (QED) is 0.418. The summed E-state index contributed by atoms with van der Waals surface area (Å²) < 4.78 is 2.22. The molecule has 32 heavy (non-hydrogen) atoms. The van der Waals surface area contributed by atoms with Crippen molar-refractivity contribution in [3.8, 4) is 11.4 Å². The number of phenolic OH excluding ortho intramolecular Hbond substituents is 1. The molecule has 2 unspecified atom stereocenters. The van der Waals surface area contributed by atoms with Crippen LogP contribution in [0.25, 0.3) is 5.69 Å². The van der Waals surface area contributed by atoms with Crippen molar-refractivity contribution in [2.45, 2.75) is 25.9 Å². The van der Waals surface area contributed by atoms with E-state index in [1.807, 2.05) is 36.5 Å². The first-order valence-electron chi connectivity index (χ1n) is 10.6. The van der Waals surface area contributed by atoms with Gasteiger partial charge < -0.3 is 19.9 Å². The van der Waals surface area contributed by atoms with E-state index < -0.39 is 0 Å². The van der Waals surface area contributed by atoms with Crippen molar-refractivity contribution in [2.75, 3.05) is 4.90 Å². The van der Waals surface area contributed by atoms with E-state index >= 15 is 0 Å². The van der Waals surface area contributed by atoms with Crippen molar-refractivity contribution in [3.05, 3.63) is 108 Å².